The largest absolute Gasteiger partial charge is 0.503 e. The topological polar surface area (TPSA) is 55.4 Å². The molecule has 0 aliphatic rings. The highest BCUT2D eigenvalue weighted by molar-refractivity contribution is 6.62. The van der Waals surface area contributed by atoms with Crippen LogP contribution in [0.15, 0.2) is 0 Å². The predicted molar refractivity (Wildman–Crippen MR) is 81.6 cm³/mol. The molecule has 8 heteroatoms. The van der Waals surface area contributed by atoms with E-state index in [-0.39, 0.29) is 5.54 Å². The normalized spacial score (nSPS) is 14.6. The molecule has 1 unspecified atom stereocenters. The molecule has 0 heterocycles. The molecule has 0 saturated carbocycles. The fourth-order valence-corrected chi connectivity index (χ4v) is 6.81. The highest BCUT2D eigenvalue weighted by Gasteiger charge is 2.46. The van der Waals surface area contributed by atoms with Crippen LogP contribution >= 0.6 is 0 Å². The molecule has 0 aliphatic heterocycles. The maximum Gasteiger partial charge on any atom is 0.503 e. The zero-order valence-electron chi connectivity index (χ0n) is 13.9. The van der Waals surface area contributed by atoms with Crippen molar-refractivity contribution in [2.45, 2.75) is 37.8 Å². The fraction of sp³-hybridized carbons (Fsp3) is 1.00. The standard InChI is InChI=1S/C12H30O6Si2/c1-8-12(20(16-5,17-6)18-7)10-9-11-19(13-2,14-3)15-4/h12H,8-11H2,1-7H3. The first-order valence-corrected chi connectivity index (χ1v) is 10.6. The van der Waals surface area contributed by atoms with Gasteiger partial charge in [0.2, 0.25) is 0 Å². The summed E-state index contributed by atoms with van der Waals surface area (Å²) >= 11 is 0. The Kier molecular flexibility index (Phi) is 10.1. The quantitative estimate of drug-likeness (QED) is 0.513. The molecule has 0 spiro atoms. The Hall–Kier alpha value is 0.194. The van der Waals surface area contributed by atoms with Crippen molar-refractivity contribution in [1.82, 2.24) is 0 Å². The number of rotatable bonds is 12. The van der Waals surface area contributed by atoms with E-state index in [9.17, 15) is 0 Å². The molecule has 0 rings (SSSR count). The second-order valence-corrected chi connectivity index (χ2v) is 10.8. The summed E-state index contributed by atoms with van der Waals surface area (Å²) in [4.78, 5) is 0. The number of hydrogen-bond acceptors (Lipinski definition) is 6. The van der Waals surface area contributed by atoms with Crippen LogP contribution in [0.2, 0.25) is 11.6 Å². The van der Waals surface area contributed by atoms with E-state index in [4.69, 9.17) is 26.6 Å². The lowest BCUT2D eigenvalue weighted by Crippen LogP contribution is -2.48. The van der Waals surface area contributed by atoms with Crippen LogP contribution < -0.4 is 0 Å². The summed E-state index contributed by atoms with van der Waals surface area (Å²) in [5, 5.41) is 0. The van der Waals surface area contributed by atoms with Crippen LogP contribution in [-0.4, -0.2) is 60.3 Å². The lowest BCUT2D eigenvalue weighted by Gasteiger charge is -2.32. The van der Waals surface area contributed by atoms with E-state index in [1.54, 1.807) is 42.7 Å². The van der Waals surface area contributed by atoms with Gasteiger partial charge in [0.25, 0.3) is 0 Å². The van der Waals surface area contributed by atoms with Crippen LogP contribution in [-0.2, 0) is 26.6 Å². The minimum absolute atomic E-state index is 0.264. The second kappa shape index (κ2) is 10.0. The van der Waals surface area contributed by atoms with Crippen LogP contribution in [0, 0.1) is 0 Å². The molecule has 122 valence electrons. The Morgan fingerprint density at radius 1 is 0.750 bits per heavy atom. The van der Waals surface area contributed by atoms with E-state index in [0.29, 0.717) is 0 Å². The van der Waals surface area contributed by atoms with Gasteiger partial charge in [0.1, 0.15) is 0 Å². The smallest absolute Gasteiger partial charge is 0.377 e. The average Bonchev–Trinajstić information content (AvgIpc) is 2.52. The zero-order valence-corrected chi connectivity index (χ0v) is 15.9. The van der Waals surface area contributed by atoms with Crippen molar-refractivity contribution in [2.24, 2.45) is 0 Å². The highest BCUT2D eigenvalue weighted by atomic mass is 28.4. The number of hydrogen-bond donors (Lipinski definition) is 0. The molecule has 0 saturated heterocycles. The van der Waals surface area contributed by atoms with Crippen molar-refractivity contribution in [3.05, 3.63) is 0 Å². The van der Waals surface area contributed by atoms with Gasteiger partial charge in [-0.2, -0.15) is 0 Å². The lowest BCUT2D eigenvalue weighted by molar-refractivity contribution is 0.106. The monoisotopic (exact) mass is 326 g/mol. The van der Waals surface area contributed by atoms with Gasteiger partial charge in [0, 0.05) is 54.2 Å². The molecule has 1 atom stereocenters. The van der Waals surface area contributed by atoms with Crippen molar-refractivity contribution < 1.29 is 26.6 Å². The molecule has 0 aromatic carbocycles. The molecule has 0 fully saturated rings. The summed E-state index contributed by atoms with van der Waals surface area (Å²) in [5.74, 6) is 0. The summed E-state index contributed by atoms with van der Waals surface area (Å²) in [6.45, 7) is 2.12. The summed E-state index contributed by atoms with van der Waals surface area (Å²) in [6.07, 6.45) is 2.80. The van der Waals surface area contributed by atoms with Crippen molar-refractivity contribution in [1.29, 1.82) is 0 Å². The van der Waals surface area contributed by atoms with Crippen LogP contribution in [0.3, 0.4) is 0 Å². The van der Waals surface area contributed by atoms with Gasteiger partial charge in [0.15, 0.2) is 0 Å². The molecule has 6 nitrogen and oxygen atoms in total. The molecular weight excluding hydrogens is 296 g/mol. The van der Waals surface area contributed by atoms with Crippen LogP contribution in [0.1, 0.15) is 26.2 Å². The third-order valence-electron chi connectivity index (χ3n) is 3.81. The van der Waals surface area contributed by atoms with Crippen molar-refractivity contribution in [3.63, 3.8) is 0 Å². The van der Waals surface area contributed by atoms with Gasteiger partial charge >= 0.3 is 17.6 Å². The Morgan fingerprint density at radius 2 is 1.20 bits per heavy atom. The Morgan fingerprint density at radius 3 is 1.50 bits per heavy atom. The first-order chi connectivity index (χ1) is 9.53. The van der Waals surface area contributed by atoms with Crippen LogP contribution in [0.4, 0.5) is 0 Å². The van der Waals surface area contributed by atoms with Gasteiger partial charge in [-0.1, -0.05) is 6.92 Å². The van der Waals surface area contributed by atoms with Gasteiger partial charge in [-0.25, -0.2) is 0 Å². The second-order valence-electron chi connectivity index (χ2n) is 4.51. The summed E-state index contributed by atoms with van der Waals surface area (Å²) in [6, 6.07) is 0.772. The molecule has 0 aromatic heterocycles. The Bertz CT molecular complexity index is 230. The molecule has 0 bridgehead atoms. The lowest BCUT2D eigenvalue weighted by atomic mass is 10.2. The molecule has 20 heavy (non-hydrogen) atoms. The third-order valence-corrected chi connectivity index (χ3v) is 10.1. The Labute approximate surface area is 125 Å². The van der Waals surface area contributed by atoms with Crippen molar-refractivity contribution in [3.8, 4) is 0 Å². The molecule has 0 amide bonds. The zero-order chi connectivity index (χ0) is 15.6. The Balaban J connectivity index is 4.60. The molecule has 0 N–H and O–H groups in total. The summed E-state index contributed by atoms with van der Waals surface area (Å²) in [5.41, 5.74) is 0.264. The molecular formula is C12H30O6Si2. The van der Waals surface area contributed by atoms with Crippen molar-refractivity contribution in [2.75, 3.05) is 42.7 Å². The first kappa shape index (κ1) is 20.2. The first-order valence-electron chi connectivity index (χ1n) is 6.84. The van der Waals surface area contributed by atoms with Gasteiger partial charge < -0.3 is 26.6 Å². The van der Waals surface area contributed by atoms with Gasteiger partial charge in [-0.05, 0) is 19.3 Å². The van der Waals surface area contributed by atoms with Crippen LogP contribution in [0.25, 0.3) is 0 Å². The van der Waals surface area contributed by atoms with E-state index in [0.717, 1.165) is 25.3 Å². The average molecular weight is 327 g/mol. The summed E-state index contributed by atoms with van der Waals surface area (Å²) < 4.78 is 33.0. The molecule has 0 aromatic rings. The van der Waals surface area contributed by atoms with Crippen molar-refractivity contribution >= 4 is 17.6 Å². The molecule has 0 radical (unpaired) electrons. The fourth-order valence-electron chi connectivity index (χ4n) is 2.50. The predicted octanol–water partition coefficient (Wildman–Crippen LogP) is 2.30. The van der Waals surface area contributed by atoms with E-state index in [1.165, 1.54) is 0 Å². The van der Waals surface area contributed by atoms with E-state index in [2.05, 4.69) is 6.92 Å². The van der Waals surface area contributed by atoms with Gasteiger partial charge in [0.05, 0.1) is 0 Å². The summed E-state index contributed by atoms with van der Waals surface area (Å²) in [7, 11) is 4.79. The highest BCUT2D eigenvalue weighted by Crippen LogP contribution is 2.33. The minimum atomic E-state index is -2.58. The van der Waals surface area contributed by atoms with Crippen LogP contribution in [0.5, 0.6) is 0 Å². The minimum Gasteiger partial charge on any atom is -0.377 e. The van der Waals surface area contributed by atoms with E-state index >= 15 is 0 Å². The third kappa shape index (κ3) is 4.88. The maximum absolute atomic E-state index is 5.56. The molecule has 0 aliphatic carbocycles. The van der Waals surface area contributed by atoms with Gasteiger partial charge in [-0.15, -0.1) is 0 Å². The maximum atomic E-state index is 5.56. The van der Waals surface area contributed by atoms with E-state index < -0.39 is 17.6 Å². The van der Waals surface area contributed by atoms with Gasteiger partial charge in [-0.3, -0.25) is 0 Å². The van der Waals surface area contributed by atoms with E-state index in [1.807, 2.05) is 0 Å². The SMILES string of the molecule is CCC(CCC[Si](OC)(OC)OC)[Si](OC)(OC)OC.